The number of carbonyl (C=O) groups is 2. The standard InChI is InChI=1S/C24H24FNO5/c25-20-8-10-21(11-9-20)29-16-13-19-12-15-26(14-4-7-18-5-2-1-3-6-18)24(17-19)30-22(27)23(28)31-24/h1-11,19H,12-17H2/b7-4+. The Kier molecular flexibility index (Phi) is 6.32. The summed E-state index contributed by atoms with van der Waals surface area (Å²) in [5.41, 5.74) is 1.06. The lowest BCUT2D eigenvalue weighted by Crippen LogP contribution is -2.55. The molecule has 2 aromatic carbocycles. The zero-order valence-corrected chi connectivity index (χ0v) is 17.0. The fourth-order valence-electron chi connectivity index (χ4n) is 3.94. The van der Waals surface area contributed by atoms with Crippen LogP contribution in [0, 0.1) is 11.7 Å². The molecule has 0 bridgehead atoms. The van der Waals surface area contributed by atoms with Gasteiger partial charge in [-0.1, -0.05) is 42.5 Å². The lowest BCUT2D eigenvalue weighted by molar-refractivity contribution is -0.269. The highest BCUT2D eigenvalue weighted by Crippen LogP contribution is 2.39. The minimum Gasteiger partial charge on any atom is -0.494 e. The summed E-state index contributed by atoms with van der Waals surface area (Å²) in [6, 6.07) is 15.7. The number of carbonyl (C=O) groups excluding carboxylic acids is 2. The Morgan fingerprint density at radius 3 is 2.48 bits per heavy atom. The SMILES string of the molecule is O=C1OC2(CC(CCOc3ccc(F)cc3)CCN2C/C=C/c2ccccc2)OC1=O. The maximum atomic E-state index is 13.0. The van der Waals surface area contributed by atoms with Crippen LogP contribution in [0.4, 0.5) is 4.39 Å². The molecule has 2 aromatic rings. The van der Waals surface area contributed by atoms with Gasteiger partial charge in [0, 0.05) is 19.5 Å². The van der Waals surface area contributed by atoms with Crippen LogP contribution in [0.2, 0.25) is 0 Å². The minimum absolute atomic E-state index is 0.147. The van der Waals surface area contributed by atoms with E-state index in [2.05, 4.69) is 0 Å². The molecule has 162 valence electrons. The summed E-state index contributed by atoms with van der Waals surface area (Å²) in [6.45, 7) is 1.53. The quantitative estimate of drug-likeness (QED) is 0.497. The van der Waals surface area contributed by atoms with Gasteiger partial charge in [-0.05, 0) is 48.6 Å². The van der Waals surface area contributed by atoms with Crippen molar-refractivity contribution in [2.24, 2.45) is 5.92 Å². The van der Waals surface area contributed by atoms with Crippen molar-refractivity contribution < 1.29 is 28.2 Å². The van der Waals surface area contributed by atoms with Gasteiger partial charge in [0.25, 0.3) is 0 Å². The fourth-order valence-corrected chi connectivity index (χ4v) is 3.94. The van der Waals surface area contributed by atoms with Gasteiger partial charge in [0.2, 0.25) is 0 Å². The molecular weight excluding hydrogens is 401 g/mol. The maximum absolute atomic E-state index is 13.0. The number of esters is 2. The predicted molar refractivity (Wildman–Crippen MR) is 111 cm³/mol. The summed E-state index contributed by atoms with van der Waals surface area (Å²) in [5.74, 6) is -2.85. The molecule has 0 amide bonds. The molecule has 0 aromatic heterocycles. The molecule has 0 aliphatic carbocycles. The van der Waals surface area contributed by atoms with Gasteiger partial charge in [0.05, 0.1) is 6.61 Å². The molecule has 4 rings (SSSR count). The molecule has 2 saturated heterocycles. The number of likely N-dealkylation sites (tertiary alicyclic amines) is 1. The van der Waals surface area contributed by atoms with Crippen LogP contribution in [-0.4, -0.2) is 42.4 Å². The van der Waals surface area contributed by atoms with Crippen molar-refractivity contribution >= 4 is 18.0 Å². The number of ether oxygens (including phenoxy) is 3. The second-order valence-corrected chi connectivity index (χ2v) is 7.70. The molecule has 1 atom stereocenters. The van der Waals surface area contributed by atoms with Crippen molar-refractivity contribution in [2.75, 3.05) is 19.7 Å². The number of hydrogen-bond donors (Lipinski definition) is 0. The molecule has 31 heavy (non-hydrogen) atoms. The van der Waals surface area contributed by atoms with Gasteiger partial charge >= 0.3 is 17.8 Å². The molecule has 1 spiro atoms. The van der Waals surface area contributed by atoms with Gasteiger partial charge in [-0.15, -0.1) is 0 Å². The van der Waals surface area contributed by atoms with Gasteiger partial charge in [0.1, 0.15) is 11.6 Å². The van der Waals surface area contributed by atoms with Crippen LogP contribution in [0.15, 0.2) is 60.7 Å². The fraction of sp³-hybridized carbons (Fsp3) is 0.333. The third kappa shape index (κ3) is 5.11. The van der Waals surface area contributed by atoms with Crippen LogP contribution in [-0.2, 0) is 19.1 Å². The number of halogens is 1. The van der Waals surface area contributed by atoms with E-state index in [1.165, 1.54) is 12.1 Å². The van der Waals surface area contributed by atoms with Crippen molar-refractivity contribution in [3.8, 4) is 5.75 Å². The van der Waals surface area contributed by atoms with Gasteiger partial charge < -0.3 is 14.2 Å². The topological polar surface area (TPSA) is 65.1 Å². The lowest BCUT2D eigenvalue weighted by Gasteiger charge is -2.43. The zero-order valence-electron chi connectivity index (χ0n) is 17.0. The Balaban J connectivity index is 1.37. The van der Waals surface area contributed by atoms with Gasteiger partial charge in [-0.2, -0.15) is 0 Å². The summed E-state index contributed by atoms with van der Waals surface area (Å²) in [4.78, 5) is 25.5. The van der Waals surface area contributed by atoms with Crippen LogP contribution >= 0.6 is 0 Å². The second kappa shape index (κ2) is 9.31. The van der Waals surface area contributed by atoms with E-state index in [4.69, 9.17) is 14.2 Å². The molecule has 0 N–H and O–H groups in total. The van der Waals surface area contributed by atoms with Crippen molar-refractivity contribution in [1.82, 2.24) is 4.90 Å². The third-order valence-electron chi connectivity index (χ3n) is 5.55. The lowest BCUT2D eigenvalue weighted by atomic mass is 9.91. The van der Waals surface area contributed by atoms with Crippen LogP contribution in [0.1, 0.15) is 24.8 Å². The largest absolute Gasteiger partial charge is 0.494 e. The van der Waals surface area contributed by atoms with Crippen LogP contribution in [0.25, 0.3) is 6.08 Å². The van der Waals surface area contributed by atoms with E-state index in [1.807, 2.05) is 47.4 Å². The average molecular weight is 425 g/mol. The molecule has 2 heterocycles. The van der Waals surface area contributed by atoms with Crippen LogP contribution in [0.3, 0.4) is 0 Å². The molecule has 2 aliphatic rings. The molecule has 7 heteroatoms. The van der Waals surface area contributed by atoms with E-state index in [1.54, 1.807) is 12.1 Å². The maximum Gasteiger partial charge on any atom is 0.421 e. The van der Waals surface area contributed by atoms with Crippen molar-refractivity contribution in [1.29, 1.82) is 0 Å². The predicted octanol–water partition coefficient (Wildman–Crippen LogP) is 3.77. The van der Waals surface area contributed by atoms with E-state index >= 15 is 0 Å². The van der Waals surface area contributed by atoms with Gasteiger partial charge in [-0.25, -0.2) is 18.9 Å². The Morgan fingerprint density at radius 1 is 1.06 bits per heavy atom. The molecule has 1 unspecified atom stereocenters. The van der Waals surface area contributed by atoms with Gasteiger partial charge in [0.15, 0.2) is 0 Å². The van der Waals surface area contributed by atoms with E-state index in [0.29, 0.717) is 38.3 Å². The number of hydrogen-bond acceptors (Lipinski definition) is 6. The molecule has 2 aliphatic heterocycles. The molecule has 6 nitrogen and oxygen atoms in total. The summed E-state index contributed by atoms with van der Waals surface area (Å²) in [6.07, 6.45) is 5.88. The van der Waals surface area contributed by atoms with Gasteiger partial charge in [-0.3, -0.25) is 0 Å². The highest BCUT2D eigenvalue weighted by atomic mass is 19.1. The first kappa shape index (κ1) is 21.1. The highest BCUT2D eigenvalue weighted by Gasteiger charge is 2.55. The summed E-state index contributed by atoms with van der Waals surface area (Å²) in [5, 5.41) is 0. The summed E-state index contributed by atoms with van der Waals surface area (Å²) < 4.78 is 29.5. The smallest absolute Gasteiger partial charge is 0.421 e. The average Bonchev–Trinajstić information content (AvgIpc) is 3.05. The number of nitrogens with zero attached hydrogens (tertiary/aromatic N) is 1. The van der Waals surface area contributed by atoms with E-state index in [-0.39, 0.29) is 11.7 Å². The highest BCUT2D eigenvalue weighted by molar-refractivity contribution is 6.31. The zero-order chi connectivity index (χ0) is 21.7. The normalized spacial score (nSPS) is 20.7. The molecule has 0 saturated carbocycles. The van der Waals surface area contributed by atoms with Crippen LogP contribution in [0.5, 0.6) is 5.75 Å². The Labute approximate surface area is 180 Å². The number of piperidine rings is 1. The summed E-state index contributed by atoms with van der Waals surface area (Å²) >= 11 is 0. The molecule has 0 radical (unpaired) electrons. The van der Waals surface area contributed by atoms with Crippen molar-refractivity contribution in [2.45, 2.75) is 25.2 Å². The Morgan fingerprint density at radius 2 is 1.77 bits per heavy atom. The first-order valence-corrected chi connectivity index (χ1v) is 10.4. The number of rotatable bonds is 7. The van der Waals surface area contributed by atoms with E-state index in [0.717, 1.165) is 12.0 Å². The second-order valence-electron chi connectivity index (χ2n) is 7.70. The van der Waals surface area contributed by atoms with Crippen LogP contribution < -0.4 is 4.74 Å². The van der Waals surface area contributed by atoms with E-state index < -0.39 is 17.8 Å². The minimum atomic E-state index is -1.37. The van der Waals surface area contributed by atoms with Crippen molar-refractivity contribution in [3.63, 3.8) is 0 Å². The first-order valence-electron chi connectivity index (χ1n) is 10.4. The summed E-state index contributed by atoms with van der Waals surface area (Å²) in [7, 11) is 0. The Hall–Kier alpha value is -3.19. The third-order valence-corrected chi connectivity index (χ3v) is 5.55. The van der Waals surface area contributed by atoms with Crippen molar-refractivity contribution in [3.05, 3.63) is 72.1 Å². The monoisotopic (exact) mass is 425 g/mol. The Bertz CT molecular complexity index is 928. The first-order chi connectivity index (χ1) is 15.0. The molecular formula is C24H24FNO5. The number of benzene rings is 2. The molecule has 2 fully saturated rings. The van der Waals surface area contributed by atoms with E-state index in [9.17, 15) is 14.0 Å².